The summed E-state index contributed by atoms with van der Waals surface area (Å²) >= 11 is 1.13. The second-order valence-electron chi connectivity index (χ2n) is 4.25. The second kappa shape index (κ2) is 6.83. The summed E-state index contributed by atoms with van der Waals surface area (Å²) in [6, 6.07) is 3.18. The Kier molecular flexibility index (Phi) is 5.10. The first-order valence-corrected chi connectivity index (χ1v) is 8.74. The van der Waals surface area contributed by atoms with Gasteiger partial charge >= 0.3 is 0 Å². The molecular weight excluding hydrogens is 312 g/mol. The van der Waals surface area contributed by atoms with Crippen molar-refractivity contribution in [1.29, 1.82) is 0 Å². The van der Waals surface area contributed by atoms with E-state index in [0.29, 0.717) is 5.82 Å². The molecule has 0 fully saturated rings. The SMILES string of the molecule is CCc1cn[nH]c1NC(=O)CCNS(=O)(=O)c1cccs1. The van der Waals surface area contributed by atoms with Gasteiger partial charge < -0.3 is 5.32 Å². The van der Waals surface area contributed by atoms with Crippen LogP contribution in [0.5, 0.6) is 0 Å². The molecule has 1 amide bonds. The van der Waals surface area contributed by atoms with Gasteiger partial charge in [0, 0.05) is 18.5 Å². The normalized spacial score (nSPS) is 11.5. The molecule has 2 aromatic rings. The molecule has 2 rings (SSSR count). The second-order valence-corrected chi connectivity index (χ2v) is 7.19. The number of hydrogen-bond acceptors (Lipinski definition) is 5. The van der Waals surface area contributed by atoms with Gasteiger partial charge in [-0.1, -0.05) is 13.0 Å². The smallest absolute Gasteiger partial charge is 0.250 e. The maximum atomic E-state index is 11.8. The number of H-pyrrole nitrogens is 1. The number of sulfonamides is 1. The van der Waals surface area contributed by atoms with E-state index in [4.69, 9.17) is 0 Å². The summed E-state index contributed by atoms with van der Waals surface area (Å²) in [6.45, 7) is 2.00. The Bertz CT molecular complexity index is 692. The van der Waals surface area contributed by atoms with Crippen LogP contribution in [-0.4, -0.2) is 31.1 Å². The lowest BCUT2D eigenvalue weighted by Gasteiger charge is -2.06. The molecule has 0 aliphatic rings. The maximum absolute atomic E-state index is 11.8. The zero-order chi connectivity index (χ0) is 15.3. The lowest BCUT2D eigenvalue weighted by Crippen LogP contribution is -2.27. The highest BCUT2D eigenvalue weighted by Gasteiger charge is 2.15. The van der Waals surface area contributed by atoms with Crippen molar-refractivity contribution < 1.29 is 13.2 Å². The first-order chi connectivity index (χ1) is 10.0. The Morgan fingerprint density at radius 1 is 1.48 bits per heavy atom. The summed E-state index contributed by atoms with van der Waals surface area (Å²) in [4.78, 5) is 11.8. The number of aromatic amines is 1. The van der Waals surface area contributed by atoms with Crippen molar-refractivity contribution >= 4 is 33.1 Å². The van der Waals surface area contributed by atoms with Gasteiger partial charge in [0.1, 0.15) is 10.0 Å². The summed E-state index contributed by atoms with van der Waals surface area (Å²) < 4.78 is 26.3. The van der Waals surface area contributed by atoms with Gasteiger partial charge in [0.2, 0.25) is 15.9 Å². The van der Waals surface area contributed by atoms with Crippen molar-refractivity contribution in [3.63, 3.8) is 0 Å². The molecular formula is C12H16N4O3S2. The third-order valence-corrected chi connectivity index (χ3v) is 5.63. The zero-order valence-corrected chi connectivity index (χ0v) is 13.1. The fraction of sp³-hybridized carbons (Fsp3) is 0.333. The highest BCUT2D eigenvalue weighted by molar-refractivity contribution is 7.91. The van der Waals surface area contributed by atoms with Crippen LogP contribution in [0.15, 0.2) is 27.9 Å². The summed E-state index contributed by atoms with van der Waals surface area (Å²) in [6.07, 6.45) is 2.44. The fourth-order valence-corrected chi connectivity index (χ4v) is 3.75. The van der Waals surface area contributed by atoms with Gasteiger partial charge in [0.15, 0.2) is 0 Å². The van der Waals surface area contributed by atoms with Crippen molar-refractivity contribution in [3.8, 4) is 0 Å². The molecule has 0 unspecified atom stereocenters. The Hall–Kier alpha value is -1.71. The van der Waals surface area contributed by atoms with Gasteiger partial charge in [-0.3, -0.25) is 9.89 Å². The van der Waals surface area contributed by atoms with Crippen LogP contribution in [-0.2, 0) is 21.2 Å². The van der Waals surface area contributed by atoms with Crippen molar-refractivity contribution in [1.82, 2.24) is 14.9 Å². The molecule has 0 radical (unpaired) electrons. The Morgan fingerprint density at radius 2 is 2.29 bits per heavy atom. The lowest BCUT2D eigenvalue weighted by atomic mass is 10.2. The van der Waals surface area contributed by atoms with Crippen molar-refractivity contribution in [2.45, 2.75) is 24.0 Å². The quantitative estimate of drug-likeness (QED) is 0.713. The largest absolute Gasteiger partial charge is 0.311 e. The van der Waals surface area contributed by atoms with Crippen LogP contribution in [0.3, 0.4) is 0 Å². The Labute approximate surface area is 126 Å². The lowest BCUT2D eigenvalue weighted by molar-refractivity contribution is -0.116. The van der Waals surface area contributed by atoms with Gasteiger partial charge in [0.05, 0.1) is 6.20 Å². The number of nitrogens with zero attached hydrogens (tertiary/aromatic N) is 1. The van der Waals surface area contributed by atoms with Crippen molar-refractivity contribution in [2.24, 2.45) is 0 Å². The minimum absolute atomic E-state index is 0.0433. The molecule has 3 N–H and O–H groups in total. The molecule has 7 nitrogen and oxygen atoms in total. The van der Waals surface area contributed by atoms with Gasteiger partial charge in [0.25, 0.3) is 0 Å². The third kappa shape index (κ3) is 4.13. The zero-order valence-electron chi connectivity index (χ0n) is 11.4. The van der Waals surface area contributed by atoms with Crippen LogP contribution >= 0.6 is 11.3 Å². The van der Waals surface area contributed by atoms with E-state index in [1.54, 1.807) is 17.6 Å². The van der Waals surface area contributed by atoms with E-state index in [9.17, 15) is 13.2 Å². The number of carbonyl (C=O) groups is 1. The van der Waals surface area contributed by atoms with Gasteiger partial charge in [-0.2, -0.15) is 5.10 Å². The number of thiophene rings is 1. The van der Waals surface area contributed by atoms with Gasteiger partial charge in [-0.05, 0) is 17.9 Å². The molecule has 0 aliphatic carbocycles. The average molecular weight is 328 g/mol. The number of aryl methyl sites for hydroxylation is 1. The van der Waals surface area contributed by atoms with E-state index in [-0.39, 0.29) is 23.1 Å². The van der Waals surface area contributed by atoms with E-state index in [0.717, 1.165) is 23.3 Å². The highest BCUT2D eigenvalue weighted by atomic mass is 32.2. The van der Waals surface area contributed by atoms with E-state index in [1.165, 1.54) is 6.07 Å². The van der Waals surface area contributed by atoms with Crippen molar-refractivity contribution in [3.05, 3.63) is 29.3 Å². The number of rotatable bonds is 7. The monoisotopic (exact) mass is 328 g/mol. The summed E-state index contributed by atoms with van der Waals surface area (Å²) in [5.41, 5.74) is 0.905. The van der Waals surface area contributed by atoms with Crippen LogP contribution in [0.1, 0.15) is 18.9 Å². The molecule has 0 atom stereocenters. The Morgan fingerprint density at radius 3 is 2.95 bits per heavy atom. The highest BCUT2D eigenvalue weighted by Crippen LogP contribution is 2.15. The van der Waals surface area contributed by atoms with E-state index >= 15 is 0 Å². The minimum Gasteiger partial charge on any atom is -0.311 e. The van der Waals surface area contributed by atoms with Gasteiger partial charge in [-0.25, -0.2) is 13.1 Å². The predicted octanol–water partition coefficient (Wildman–Crippen LogP) is 1.34. The first kappa shape index (κ1) is 15.7. The van der Waals surface area contributed by atoms with Gasteiger partial charge in [-0.15, -0.1) is 11.3 Å². The topological polar surface area (TPSA) is 104 Å². The number of nitrogens with one attached hydrogen (secondary N) is 3. The molecule has 0 bridgehead atoms. The summed E-state index contributed by atoms with van der Waals surface area (Å²) in [7, 11) is -3.52. The van der Waals surface area contributed by atoms with Crippen LogP contribution in [0.2, 0.25) is 0 Å². The molecule has 0 aromatic carbocycles. The molecule has 2 heterocycles. The molecule has 9 heteroatoms. The molecule has 0 saturated heterocycles. The standard InChI is InChI=1S/C12H16N4O3S2/c1-2-9-8-13-16-12(9)15-10(17)5-6-14-21(18,19)11-4-3-7-20-11/h3-4,7-8,14H,2,5-6H2,1H3,(H2,13,15,16,17). The average Bonchev–Trinajstić information content (AvgIpc) is 3.09. The number of carbonyl (C=O) groups excluding carboxylic acids is 1. The van der Waals surface area contributed by atoms with E-state index in [2.05, 4.69) is 20.2 Å². The number of amides is 1. The first-order valence-electron chi connectivity index (χ1n) is 6.38. The predicted molar refractivity (Wildman–Crippen MR) is 80.7 cm³/mol. The van der Waals surface area contributed by atoms with Crippen LogP contribution in [0.25, 0.3) is 0 Å². The molecule has 21 heavy (non-hydrogen) atoms. The maximum Gasteiger partial charge on any atom is 0.250 e. The van der Waals surface area contributed by atoms with Crippen LogP contribution in [0.4, 0.5) is 5.82 Å². The number of hydrogen-bond donors (Lipinski definition) is 3. The number of aromatic nitrogens is 2. The number of anilines is 1. The molecule has 2 aromatic heterocycles. The van der Waals surface area contributed by atoms with E-state index in [1.807, 2.05) is 6.92 Å². The molecule has 0 spiro atoms. The van der Waals surface area contributed by atoms with Crippen LogP contribution in [0, 0.1) is 0 Å². The van der Waals surface area contributed by atoms with Crippen LogP contribution < -0.4 is 10.0 Å². The fourth-order valence-electron chi connectivity index (χ4n) is 1.68. The molecule has 0 saturated carbocycles. The van der Waals surface area contributed by atoms with E-state index < -0.39 is 10.0 Å². The summed E-state index contributed by atoms with van der Waals surface area (Å²) in [5, 5.41) is 10.9. The third-order valence-electron chi connectivity index (χ3n) is 2.77. The Balaban J connectivity index is 1.82. The molecule has 114 valence electrons. The summed E-state index contributed by atoms with van der Waals surface area (Å²) in [5.74, 6) is 0.284. The van der Waals surface area contributed by atoms with Crippen molar-refractivity contribution in [2.75, 3.05) is 11.9 Å². The molecule has 0 aliphatic heterocycles. The minimum atomic E-state index is -3.52.